The Kier molecular flexibility index (Phi) is 6.13. The van der Waals surface area contributed by atoms with E-state index in [1.807, 2.05) is 12.1 Å². The van der Waals surface area contributed by atoms with Crippen LogP contribution in [0.4, 0.5) is 11.6 Å². The number of allylic oxidation sites excluding steroid dienone is 1. The van der Waals surface area contributed by atoms with Crippen molar-refractivity contribution < 1.29 is 4.74 Å². The first-order valence-electron chi connectivity index (χ1n) is 12.5. The second-order valence-corrected chi connectivity index (χ2v) is 11.0. The largest absolute Gasteiger partial charge is 0.424 e. The molecule has 1 aliphatic carbocycles. The predicted octanol–water partition coefficient (Wildman–Crippen LogP) is 5.09. The summed E-state index contributed by atoms with van der Waals surface area (Å²) in [4.78, 5) is 18.9. The van der Waals surface area contributed by atoms with Gasteiger partial charge in [0, 0.05) is 32.2 Å². The zero-order valence-electron chi connectivity index (χ0n) is 21.8. The van der Waals surface area contributed by atoms with Crippen LogP contribution in [0, 0.1) is 12.3 Å². The molecule has 184 valence electrons. The van der Waals surface area contributed by atoms with E-state index >= 15 is 0 Å². The Labute approximate surface area is 208 Å². The first-order chi connectivity index (χ1) is 16.7. The summed E-state index contributed by atoms with van der Waals surface area (Å²) < 4.78 is 6.32. The van der Waals surface area contributed by atoms with Crippen LogP contribution in [-0.4, -0.2) is 60.5 Å². The fraction of sp³-hybridized carbons (Fsp3) is 0.464. The number of benzene rings is 1. The highest BCUT2D eigenvalue weighted by atomic mass is 16.5. The Morgan fingerprint density at radius 1 is 1.00 bits per heavy atom. The summed E-state index contributed by atoms with van der Waals surface area (Å²) in [6.07, 6.45) is 5.40. The molecule has 0 bridgehead atoms. The van der Waals surface area contributed by atoms with E-state index in [9.17, 15) is 0 Å². The third-order valence-electron chi connectivity index (χ3n) is 7.09. The number of aromatic nitrogens is 2. The van der Waals surface area contributed by atoms with Crippen LogP contribution in [-0.2, 0) is 6.42 Å². The molecule has 7 heteroatoms. The Hall–Kier alpha value is -3.19. The van der Waals surface area contributed by atoms with Gasteiger partial charge in [0.05, 0.1) is 6.54 Å². The average molecular weight is 473 g/mol. The lowest BCUT2D eigenvalue weighted by molar-refractivity contribution is 0.311. The molecule has 7 nitrogen and oxygen atoms in total. The van der Waals surface area contributed by atoms with Crippen molar-refractivity contribution in [3.63, 3.8) is 0 Å². The molecule has 1 saturated heterocycles. The standard InChI is InChI=1S/C28H36N6O/c1-18-13-20-7-8-23(19(2)22(20)14-18)35-27-31-25(30-24-15-21(17-29-24)28(3,4)5)16-26(32-27)34-11-9-33(6)10-12-34/h7-8,14-16H,9-13,17H2,1-6H3,(H,29,30,31,32). The van der Waals surface area contributed by atoms with Crippen LogP contribution in [0.5, 0.6) is 11.8 Å². The lowest BCUT2D eigenvalue weighted by Crippen LogP contribution is -2.44. The topological polar surface area (TPSA) is 65.9 Å². The number of nitrogens with zero attached hydrogens (tertiary/aromatic N) is 5. The molecule has 3 heterocycles. The molecule has 1 N–H and O–H groups in total. The molecule has 0 amide bonds. The summed E-state index contributed by atoms with van der Waals surface area (Å²) in [5, 5.41) is 3.42. The monoisotopic (exact) mass is 472 g/mol. The van der Waals surface area contributed by atoms with Crippen molar-refractivity contribution in [2.75, 3.05) is 50.0 Å². The van der Waals surface area contributed by atoms with E-state index in [-0.39, 0.29) is 5.41 Å². The van der Waals surface area contributed by atoms with Crippen LogP contribution in [0.3, 0.4) is 0 Å². The Balaban J connectivity index is 1.45. The van der Waals surface area contributed by atoms with Gasteiger partial charge >= 0.3 is 6.01 Å². The maximum absolute atomic E-state index is 6.32. The van der Waals surface area contributed by atoms with Gasteiger partial charge in [-0.05, 0) is 67.1 Å². The lowest BCUT2D eigenvalue weighted by Gasteiger charge is -2.33. The van der Waals surface area contributed by atoms with Crippen molar-refractivity contribution in [2.24, 2.45) is 10.4 Å². The zero-order chi connectivity index (χ0) is 24.7. The number of nitrogens with one attached hydrogen (secondary N) is 1. The van der Waals surface area contributed by atoms with Crippen molar-refractivity contribution in [1.29, 1.82) is 0 Å². The molecule has 0 unspecified atom stereocenters. The zero-order valence-corrected chi connectivity index (χ0v) is 21.8. The fourth-order valence-corrected chi connectivity index (χ4v) is 4.73. The van der Waals surface area contributed by atoms with Crippen LogP contribution in [0.15, 0.2) is 40.4 Å². The van der Waals surface area contributed by atoms with Crippen LogP contribution >= 0.6 is 0 Å². The number of fused-ring (bicyclic) bond motifs is 1. The third-order valence-corrected chi connectivity index (χ3v) is 7.09. The SMILES string of the molecule is CC1=Cc2c(ccc(Oc3nc(NC4=NCC(C(C)(C)C)=C4)cc(N4CCN(C)CC4)n3)c2C)C1. The molecule has 35 heavy (non-hydrogen) atoms. The van der Waals surface area contributed by atoms with Gasteiger partial charge in [-0.2, -0.15) is 9.97 Å². The van der Waals surface area contributed by atoms with Crippen molar-refractivity contribution in [3.8, 4) is 11.8 Å². The van der Waals surface area contributed by atoms with E-state index in [2.05, 4.69) is 75.0 Å². The maximum atomic E-state index is 6.32. The van der Waals surface area contributed by atoms with Gasteiger partial charge in [-0.3, -0.25) is 4.99 Å². The number of likely N-dealkylation sites (N-methyl/N-ethyl adjacent to an activating group) is 1. The van der Waals surface area contributed by atoms with Gasteiger partial charge in [-0.1, -0.05) is 38.5 Å². The second kappa shape index (κ2) is 9.11. The molecule has 0 atom stereocenters. The first-order valence-corrected chi connectivity index (χ1v) is 12.5. The van der Waals surface area contributed by atoms with Gasteiger partial charge in [0.15, 0.2) is 0 Å². The van der Waals surface area contributed by atoms with Crippen molar-refractivity contribution >= 4 is 23.5 Å². The van der Waals surface area contributed by atoms with Crippen molar-refractivity contribution in [3.05, 3.63) is 52.1 Å². The predicted molar refractivity (Wildman–Crippen MR) is 144 cm³/mol. The van der Waals surface area contributed by atoms with Gasteiger partial charge in [-0.15, -0.1) is 0 Å². The second-order valence-electron chi connectivity index (χ2n) is 11.0. The van der Waals surface area contributed by atoms with E-state index in [0.717, 1.165) is 55.6 Å². The number of rotatable bonds is 4. The molecule has 3 aliphatic rings. The van der Waals surface area contributed by atoms with Gasteiger partial charge < -0.3 is 19.9 Å². The van der Waals surface area contributed by atoms with E-state index < -0.39 is 0 Å². The minimum absolute atomic E-state index is 0.0930. The van der Waals surface area contributed by atoms with Gasteiger partial charge in [0.25, 0.3) is 0 Å². The van der Waals surface area contributed by atoms with E-state index in [0.29, 0.717) is 18.4 Å². The van der Waals surface area contributed by atoms with Gasteiger partial charge in [-0.25, -0.2) is 0 Å². The first kappa shape index (κ1) is 23.5. The number of hydrogen-bond acceptors (Lipinski definition) is 7. The quantitative estimate of drug-likeness (QED) is 0.669. The normalized spacial score (nSPS) is 18.2. The fourth-order valence-electron chi connectivity index (χ4n) is 4.73. The summed E-state index contributed by atoms with van der Waals surface area (Å²) in [6.45, 7) is 15.5. The number of aliphatic imine (C=N–C) groups is 1. The minimum Gasteiger partial charge on any atom is -0.424 e. The third kappa shape index (κ3) is 5.10. The van der Waals surface area contributed by atoms with Crippen molar-refractivity contribution in [2.45, 2.75) is 41.0 Å². The Bertz CT molecular complexity index is 1230. The minimum atomic E-state index is 0.0930. The summed E-state index contributed by atoms with van der Waals surface area (Å²) in [7, 11) is 2.16. The van der Waals surface area contributed by atoms with E-state index in [4.69, 9.17) is 19.7 Å². The van der Waals surface area contributed by atoms with Crippen LogP contribution in [0.1, 0.15) is 44.4 Å². The van der Waals surface area contributed by atoms with Gasteiger partial charge in [0.1, 0.15) is 23.2 Å². The molecule has 1 fully saturated rings. The lowest BCUT2D eigenvalue weighted by atomic mass is 9.87. The summed E-state index contributed by atoms with van der Waals surface area (Å²) in [5.41, 5.74) is 6.51. The highest BCUT2D eigenvalue weighted by Crippen LogP contribution is 2.35. The summed E-state index contributed by atoms with van der Waals surface area (Å²) >= 11 is 0. The molecular weight excluding hydrogens is 436 g/mol. The van der Waals surface area contributed by atoms with Gasteiger partial charge in [0.2, 0.25) is 0 Å². The Morgan fingerprint density at radius 3 is 2.49 bits per heavy atom. The number of anilines is 2. The van der Waals surface area contributed by atoms with E-state index in [1.54, 1.807) is 0 Å². The molecule has 0 saturated carbocycles. The summed E-state index contributed by atoms with van der Waals surface area (Å²) in [5.74, 6) is 3.20. The van der Waals surface area contributed by atoms with Crippen molar-refractivity contribution in [1.82, 2.24) is 14.9 Å². The van der Waals surface area contributed by atoms with E-state index in [1.165, 1.54) is 22.3 Å². The highest BCUT2D eigenvalue weighted by Gasteiger charge is 2.23. The molecule has 1 aromatic heterocycles. The molecule has 2 aliphatic heterocycles. The molecule has 2 aromatic rings. The smallest absolute Gasteiger partial charge is 0.325 e. The molecule has 0 radical (unpaired) electrons. The average Bonchev–Trinajstić information content (AvgIpc) is 3.43. The molecule has 5 rings (SSSR count). The Morgan fingerprint density at radius 2 is 1.77 bits per heavy atom. The number of piperazine rings is 1. The number of amidine groups is 1. The molecule has 1 aromatic carbocycles. The van der Waals surface area contributed by atoms with Crippen LogP contribution < -0.4 is 15.0 Å². The summed E-state index contributed by atoms with van der Waals surface area (Å²) in [6, 6.07) is 6.55. The van der Waals surface area contributed by atoms with Crippen LogP contribution in [0.25, 0.3) is 6.08 Å². The van der Waals surface area contributed by atoms with Crippen LogP contribution in [0.2, 0.25) is 0 Å². The number of hydrogen-bond donors (Lipinski definition) is 1. The highest BCUT2D eigenvalue weighted by molar-refractivity contribution is 6.05. The maximum Gasteiger partial charge on any atom is 0.325 e. The molecule has 0 spiro atoms. The molecular formula is C28H36N6O. The number of ether oxygens (including phenoxy) is 1.